The third-order valence-corrected chi connectivity index (χ3v) is 2.62. The zero-order valence-electron chi connectivity index (χ0n) is 9.13. The molecule has 106 valence electrons. The molecule has 0 aromatic carbocycles. The van der Waals surface area contributed by atoms with E-state index in [2.05, 4.69) is 14.9 Å². The van der Waals surface area contributed by atoms with Crippen LogP contribution in [0.4, 0.5) is 19.0 Å². The maximum Gasteiger partial charge on any atom is 0.573 e. The number of aryl methyl sites for hydroxylation is 1. The minimum atomic E-state index is -5.19. The first kappa shape index (κ1) is 15.1. The fraction of sp³-hybridized carbons (Fsp3) is 0.286. The van der Waals surface area contributed by atoms with Crippen LogP contribution in [-0.4, -0.2) is 24.7 Å². The van der Waals surface area contributed by atoms with E-state index in [0.29, 0.717) is 6.07 Å². The van der Waals surface area contributed by atoms with Crippen molar-refractivity contribution in [3.63, 3.8) is 0 Å². The molecule has 12 heteroatoms. The molecule has 0 saturated carbocycles. The van der Waals surface area contributed by atoms with Gasteiger partial charge in [0.25, 0.3) is 10.0 Å². The predicted molar refractivity (Wildman–Crippen MR) is 53.7 cm³/mol. The minimum absolute atomic E-state index is 0.309. The Kier molecular flexibility index (Phi) is 3.67. The summed E-state index contributed by atoms with van der Waals surface area (Å²) in [6.45, 7) is 1.07. The van der Waals surface area contributed by atoms with Crippen molar-refractivity contribution in [1.29, 1.82) is 0 Å². The quantitative estimate of drug-likeness (QED) is 0.651. The molecule has 0 aliphatic carbocycles. The van der Waals surface area contributed by atoms with Gasteiger partial charge in [-0.25, -0.2) is 13.6 Å². The lowest BCUT2D eigenvalue weighted by atomic mass is 10.3. The number of primary sulfonamides is 1. The van der Waals surface area contributed by atoms with Crippen molar-refractivity contribution in [2.75, 3.05) is 0 Å². The summed E-state index contributed by atoms with van der Waals surface area (Å²) in [5.74, 6) is -2.16. The van der Waals surface area contributed by atoms with E-state index >= 15 is 0 Å². The van der Waals surface area contributed by atoms with E-state index in [9.17, 15) is 31.7 Å². The van der Waals surface area contributed by atoms with E-state index in [1.54, 1.807) is 0 Å². The molecule has 0 atom stereocenters. The number of nitrogens with zero attached hydrogens (tertiary/aromatic N) is 2. The lowest BCUT2D eigenvalue weighted by Crippen LogP contribution is -2.22. The first-order chi connectivity index (χ1) is 8.42. The Morgan fingerprint density at radius 3 is 2.37 bits per heavy atom. The second kappa shape index (κ2) is 4.62. The van der Waals surface area contributed by atoms with Crippen LogP contribution in [0.15, 0.2) is 11.1 Å². The number of halogens is 3. The highest BCUT2D eigenvalue weighted by molar-refractivity contribution is 7.89. The molecule has 0 aliphatic rings. The normalized spacial score (nSPS) is 12.3. The molecule has 2 N–H and O–H groups in total. The van der Waals surface area contributed by atoms with Gasteiger partial charge in [0.05, 0.1) is 5.56 Å². The Labute approximate surface area is 104 Å². The van der Waals surface area contributed by atoms with E-state index < -0.39 is 37.9 Å². The van der Waals surface area contributed by atoms with Gasteiger partial charge in [0.1, 0.15) is 0 Å². The van der Waals surface area contributed by atoms with Crippen molar-refractivity contribution < 1.29 is 31.2 Å². The molecule has 0 spiro atoms. The first-order valence-electron chi connectivity index (χ1n) is 4.36. The molecule has 0 saturated heterocycles. The average molecular weight is 301 g/mol. The zero-order chi connectivity index (χ0) is 15.0. The molecule has 1 rings (SSSR count). The van der Waals surface area contributed by atoms with Gasteiger partial charge in [-0.15, -0.1) is 13.2 Å². The average Bonchev–Trinajstić information content (AvgIpc) is 2.11. The number of ether oxygens (including phenoxy) is 1. The van der Waals surface area contributed by atoms with Gasteiger partial charge in [-0.2, -0.15) is 0 Å². The highest BCUT2D eigenvalue weighted by Gasteiger charge is 2.37. The third-order valence-electron chi connectivity index (χ3n) is 1.79. The second-order valence-corrected chi connectivity index (χ2v) is 4.76. The largest absolute Gasteiger partial charge is 0.573 e. The summed E-state index contributed by atoms with van der Waals surface area (Å²) >= 11 is 0. The molecule has 1 aromatic rings. The second-order valence-electron chi connectivity index (χ2n) is 3.28. The molecule has 0 unspecified atom stereocenters. The van der Waals surface area contributed by atoms with Crippen molar-refractivity contribution in [3.8, 4) is 5.75 Å². The fourth-order valence-corrected chi connectivity index (χ4v) is 1.74. The van der Waals surface area contributed by atoms with Crippen molar-refractivity contribution in [1.82, 2.24) is 4.98 Å². The van der Waals surface area contributed by atoms with E-state index in [1.165, 1.54) is 0 Å². The number of nitrogens with two attached hydrogens (primary N) is 1. The Morgan fingerprint density at radius 2 is 2.00 bits per heavy atom. The van der Waals surface area contributed by atoms with Crippen LogP contribution in [0.1, 0.15) is 5.56 Å². The lowest BCUT2D eigenvalue weighted by molar-refractivity contribution is -0.390. The molecule has 0 aliphatic heterocycles. The standard InChI is InChI=1S/C7H6F3N3O5S/c1-3-2-4(18-7(8,9)10)6(19(11,16)17)12-5(3)13(14)15/h2H,1H3,(H2,11,16,17). The molecular weight excluding hydrogens is 295 g/mol. The van der Waals surface area contributed by atoms with E-state index in [0.717, 1.165) is 6.92 Å². The van der Waals surface area contributed by atoms with E-state index in [-0.39, 0.29) is 5.56 Å². The van der Waals surface area contributed by atoms with Crippen LogP contribution in [0.3, 0.4) is 0 Å². The van der Waals surface area contributed by atoms with Gasteiger partial charge in [0.15, 0.2) is 5.75 Å². The van der Waals surface area contributed by atoms with E-state index in [4.69, 9.17) is 0 Å². The smallest absolute Gasteiger partial charge is 0.400 e. The number of aromatic nitrogens is 1. The maximum atomic E-state index is 12.1. The van der Waals surface area contributed by atoms with Crippen LogP contribution >= 0.6 is 0 Å². The number of hydrogen-bond donors (Lipinski definition) is 1. The van der Waals surface area contributed by atoms with Crippen molar-refractivity contribution >= 4 is 15.8 Å². The summed E-state index contributed by atoms with van der Waals surface area (Å²) in [7, 11) is -4.72. The lowest BCUT2D eigenvalue weighted by Gasteiger charge is -2.10. The van der Waals surface area contributed by atoms with Gasteiger partial charge in [0.2, 0.25) is 0 Å². The summed E-state index contributed by atoms with van der Waals surface area (Å²) in [5, 5.41) is 13.8. The van der Waals surface area contributed by atoms with Crippen molar-refractivity contribution in [2.45, 2.75) is 18.3 Å². The summed E-state index contributed by atoms with van der Waals surface area (Å²) in [4.78, 5) is 12.5. The van der Waals surface area contributed by atoms with Crippen LogP contribution in [0.5, 0.6) is 5.75 Å². The van der Waals surface area contributed by atoms with Gasteiger partial charge in [0, 0.05) is 0 Å². The van der Waals surface area contributed by atoms with Crippen LogP contribution in [0, 0.1) is 17.0 Å². The number of pyridine rings is 1. The SMILES string of the molecule is Cc1cc(OC(F)(F)F)c(S(N)(=O)=O)nc1[N+](=O)[O-]. The van der Waals surface area contributed by atoms with Gasteiger partial charge in [-0.05, 0) is 22.9 Å². The van der Waals surface area contributed by atoms with Crippen LogP contribution in [0.2, 0.25) is 0 Å². The van der Waals surface area contributed by atoms with Crippen molar-refractivity contribution in [3.05, 3.63) is 21.7 Å². The first-order valence-corrected chi connectivity index (χ1v) is 5.91. The van der Waals surface area contributed by atoms with E-state index in [1.807, 2.05) is 0 Å². The molecule has 8 nitrogen and oxygen atoms in total. The van der Waals surface area contributed by atoms with Gasteiger partial charge >= 0.3 is 17.2 Å². The van der Waals surface area contributed by atoms with Crippen LogP contribution in [0.25, 0.3) is 0 Å². The fourth-order valence-electron chi connectivity index (χ4n) is 1.15. The molecule has 0 bridgehead atoms. The van der Waals surface area contributed by atoms with Crippen LogP contribution in [-0.2, 0) is 10.0 Å². The number of alkyl halides is 3. The Balaban J connectivity index is 3.55. The molecule has 0 fully saturated rings. The monoisotopic (exact) mass is 301 g/mol. The summed E-state index contributed by atoms with van der Waals surface area (Å²) in [6.07, 6.45) is -5.19. The Hall–Kier alpha value is -1.95. The maximum absolute atomic E-state index is 12.1. The molecule has 1 heterocycles. The van der Waals surface area contributed by atoms with Crippen molar-refractivity contribution in [2.24, 2.45) is 5.14 Å². The zero-order valence-corrected chi connectivity index (χ0v) is 9.95. The summed E-state index contributed by atoms with van der Waals surface area (Å²) < 4.78 is 61.8. The van der Waals surface area contributed by atoms with Gasteiger partial charge in [-0.3, -0.25) is 0 Å². The van der Waals surface area contributed by atoms with Gasteiger partial charge in [-0.1, -0.05) is 0 Å². The summed E-state index contributed by atoms with van der Waals surface area (Å²) in [6, 6.07) is 0.526. The number of sulfonamides is 1. The molecule has 1 aromatic heterocycles. The minimum Gasteiger partial charge on any atom is -0.400 e. The summed E-state index contributed by atoms with van der Waals surface area (Å²) in [5.41, 5.74) is -0.309. The third kappa shape index (κ3) is 3.75. The Morgan fingerprint density at radius 1 is 1.47 bits per heavy atom. The number of rotatable bonds is 3. The molecular formula is C7H6F3N3O5S. The number of hydrogen-bond acceptors (Lipinski definition) is 6. The highest BCUT2D eigenvalue weighted by Crippen LogP contribution is 2.31. The Bertz CT molecular complexity index is 628. The number of nitro groups is 1. The topological polar surface area (TPSA) is 125 Å². The molecule has 0 amide bonds. The predicted octanol–water partition coefficient (Wildman–Crippen LogP) is 0.844. The molecule has 19 heavy (non-hydrogen) atoms. The van der Waals surface area contributed by atoms with Crippen LogP contribution < -0.4 is 9.88 Å². The molecule has 0 radical (unpaired) electrons. The van der Waals surface area contributed by atoms with Gasteiger partial charge < -0.3 is 14.9 Å². The highest BCUT2D eigenvalue weighted by atomic mass is 32.2.